The van der Waals surface area contributed by atoms with Gasteiger partial charge in [0.2, 0.25) is 0 Å². The normalized spacial score (nSPS) is 11.6. The van der Waals surface area contributed by atoms with E-state index in [1.807, 2.05) is 0 Å². The highest BCUT2D eigenvalue weighted by Gasteiger charge is 2.41. The highest BCUT2D eigenvalue weighted by atomic mass is 28.3. The van der Waals surface area contributed by atoms with Crippen molar-refractivity contribution in [3.05, 3.63) is 188 Å². The van der Waals surface area contributed by atoms with Crippen LogP contribution in [0.5, 0.6) is 0 Å². The van der Waals surface area contributed by atoms with Gasteiger partial charge in [0, 0.05) is 16.5 Å². The highest BCUT2D eigenvalue weighted by molar-refractivity contribution is 7.20. The van der Waals surface area contributed by atoms with Crippen LogP contribution in [0.15, 0.2) is 188 Å². The van der Waals surface area contributed by atoms with Crippen LogP contribution in [0.3, 0.4) is 0 Å². The summed E-state index contributed by atoms with van der Waals surface area (Å²) in [5, 5.41) is 8.04. The van der Waals surface area contributed by atoms with Crippen LogP contribution in [-0.2, 0) is 0 Å². The van der Waals surface area contributed by atoms with Crippen LogP contribution < -0.4 is 20.7 Å². The fraction of sp³-hybridized carbons (Fsp3) is 0. The molecule has 8 rings (SSSR count). The molecule has 1 nitrogen and oxygen atoms in total. The summed E-state index contributed by atoms with van der Waals surface area (Å²) in [4.78, 5) is 0. The lowest BCUT2D eigenvalue weighted by Gasteiger charge is -2.34. The maximum Gasteiger partial charge on any atom is 0.179 e. The van der Waals surface area contributed by atoms with Crippen LogP contribution in [0.4, 0.5) is 0 Å². The van der Waals surface area contributed by atoms with Gasteiger partial charge in [-0.1, -0.05) is 164 Å². The van der Waals surface area contributed by atoms with Gasteiger partial charge >= 0.3 is 0 Å². The molecule has 44 heavy (non-hydrogen) atoms. The number of rotatable bonds is 6. The molecule has 0 aliphatic heterocycles. The van der Waals surface area contributed by atoms with Crippen molar-refractivity contribution in [3.63, 3.8) is 0 Å². The van der Waals surface area contributed by atoms with Gasteiger partial charge in [-0.15, -0.1) is 0 Å². The summed E-state index contributed by atoms with van der Waals surface area (Å²) in [6.45, 7) is 0. The van der Waals surface area contributed by atoms with Crippen molar-refractivity contribution in [1.29, 1.82) is 0 Å². The smallest absolute Gasteiger partial charge is 0.179 e. The predicted octanol–water partition coefficient (Wildman–Crippen LogP) is 7.83. The van der Waals surface area contributed by atoms with Crippen molar-refractivity contribution in [2.24, 2.45) is 0 Å². The standard InChI is InChI=1S/C42H31NSi/c1-5-15-32(16-6-1)33-25-27-37(28-26-33)44(35-19-9-3-10-20-35,36-21-11-4-12-22-36)38-29-30-40-39-23-13-14-24-41(39)43(42(40)31-38)34-17-7-2-8-18-34/h1-31H. The number of aromatic nitrogens is 1. The third kappa shape index (κ3) is 4.23. The Bertz CT molecular complexity index is 2150. The van der Waals surface area contributed by atoms with Gasteiger partial charge in [0.15, 0.2) is 8.07 Å². The Morgan fingerprint density at radius 1 is 0.318 bits per heavy atom. The Morgan fingerprint density at radius 2 is 0.773 bits per heavy atom. The van der Waals surface area contributed by atoms with Gasteiger partial charge < -0.3 is 4.57 Å². The molecule has 0 saturated heterocycles. The van der Waals surface area contributed by atoms with Gasteiger partial charge in [-0.05, 0) is 56.1 Å². The van der Waals surface area contributed by atoms with Crippen LogP contribution in [-0.4, -0.2) is 12.6 Å². The zero-order chi connectivity index (χ0) is 29.3. The minimum Gasteiger partial charge on any atom is -0.309 e. The monoisotopic (exact) mass is 577 g/mol. The summed E-state index contributed by atoms with van der Waals surface area (Å²) in [5.74, 6) is 0. The average molecular weight is 578 g/mol. The van der Waals surface area contributed by atoms with Gasteiger partial charge in [-0.2, -0.15) is 0 Å². The Morgan fingerprint density at radius 3 is 1.41 bits per heavy atom. The second kappa shape index (κ2) is 11.0. The first-order chi connectivity index (χ1) is 21.8. The zero-order valence-corrected chi connectivity index (χ0v) is 25.3. The molecule has 2 heteroatoms. The van der Waals surface area contributed by atoms with E-state index in [0.29, 0.717) is 0 Å². The van der Waals surface area contributed by atoms with E-state index in [0.717, 1.165) is 0 Å². The summed E-state index contributed by atoms with van der Waals surface area (Å²) in [5.41, 5.74) is 6.11. The average Bonchev–Trinajstić information content (AvgIpc) is 3.44. The lowest BCUT2D eigenvalue weighted by Crippen LogP contribution is -2.74. The minimum absolute atomic E-state index is 1.18. The second-order valence-electron chi connectivity index (χ2n) is 11.3. The molecule has 8 aromatic rings. The lowest BCUT2D eigenvalue weighted by atomic mass is 10.1. The van der Waals surface area contributed by atoms with Gasteiger partial charge in [0.05, 0.1) is 11.0 Å². The lowest BCUT2D eigenvalue weighted by molar-refractivity contribution is 1.18. The largest absolute Gasteiger partial charge is 0.309 e. The molecule has 7 aromatic carbocycles. The number of hydrogen-bond donors (Lipinski definition) is 0. The van der Waals surface area contributed by atoms with E-state index < -0.39 is 8.07 Å². The van der Waals surface area contributed by atoms with Crippen LogP contribution in [0, 0.1) is 0 Å². The minimum atomic E-state index is -2.73. The van der Waals surface area contributed by atoms with Gasteiger partial charge in [0.1, 0.15) is 0 Å². The molecule has 0 aliphatic rings. The maximum absolute atomic E-state index is 2.73. The second-order valence-corrected chi connectivity index (χ2v) is 15.2. The molecule has 0 fully saturated rings. The molecule has 208 valence electrons. The first-order valence-corrected chi connectivity index (χ1v) is 17.2. The van der Waals surface area contributed by atoms with Crippen LogP contribution >= 0.6 is 0 Å². The van der Waals surface area contributed by atoms with Gasteiger partial charge in [0.25, 0.3) is 0 Å². The van der Waals surface area contributed by atoms with Crippen molar-refractivity contribution >= 4 is 50.6 Å². The highest BCUT2D eigenvalue weighted by Crippen LogP contribution is 2.32. The summed E-state index contributed by atoms with van der Waals surface area (Å²) in [7, 11) is -2.73. The zero-order valence-electron chi connectivity index (χ0n) is 24.3. The number of para-hydroxylation sites is 2. The fourth-order valence-electron chi connectivity index (χ4n) is 6.98. The Balaban J connectivity index is 1.46. The molecule has 0 amide bonds. The molecule has 0 radical (unpaired) electrons. The molecule has 0 saturated carbocycles. The number of hydrogen-bond acceptors (Lipinski definition) is 0. The Labute approximate surface area is 259 Å². The van der Waals surface area contributed by atoms with E-state index >= 15 is 0 Å². The van der Waals surface area contributed by atoms with E-state index in [1.54, 1.807) is 0 Å². The van der Waals surface area contributed by atoms with Gasteiger partial charge in [-0.3, -0.25) is 0 Å². The van der Waals surface area contributed by atoms with E-state index in [2.05, 4.69) is 193 Å². The first kappa shape index (κ1) is 26.2. The SMILES string of the molecule is c1ccc(-c2ccc([Si](c3ccccc3)(c3ccccc3)c3ccc4c5ccccc5n(-c5ccccc5)c4c3)cc2)cc1. The van der Waals surface area contributed by atoms with E-state index in [-0.39, 0.29) is 0 Å². The molecule has 0 unspecified atom stereocenters. The first-order valence-electron chi connectivity index (χ1n) is 15.2. The van der Waals surface area contributed by atoms with Crippen LogP contribution in [0.25, 0.3) is 38.6 Å². The fourth-order valence-corrected chi connectivity index (χ4v) is 11.7. The number of fused-ring (bicyclic) bond motifs is 3. The van der Waals surface area contributed by atoms with Crippen LogP contribution in [0.1, 0.15) is 0 Å². The summed E-state index contributed by atoms with van der Waals surface area (Å²) in [6, 6.07) is 69.2. The van der Waals surface area contributed by atoms with Crippen molar-refractivity contribution in [2.45, 2.75) is 0 Å². The van der Waals surface area contributed by atoms with E-state index in [4.69, 9.17) is 0 Å². The van der Waals surface area contributed by atoms with Gasteiger partial charge in [-0.25, -0.2) is 0 Å². The van der Waals surface area contributed by atoms with E-state index in [9.17, 15) is 0 Å². The molecule has 0 spiro atoms. The van der Waals surface area contributed by atoms with Crippen LogP contribution in [0.2, 0.25) is 0 Å². The van der Waals surface area contributed by atoms with Crippen molar-refractivity contribution in [2.75, 3.05) is 0 Å². The Hall–Kier alpha value is -5.44. The van der Waals surface area contributed by atoms with Crippen molar-refractivity contribution in [1.82, 2.24) is 4.57 Å². The molecule has 0 aliphatic carbocycles. The Kier molecular flexibility index (Phi) is 6.55. The molecule has 1 heterocycles. The predicted molar refractivity (Wildman–Crippen MR) is 190 cm³/mol. The topological polar surface area (TPSA) is 4.93 Å². The number of benzene rings is 7. The summed E-state index contributed by atoms with van der Waals surface area (Å²) < 4.78 is 2.43. The number of nitrogens with zero attached hydrogens (tertiary/aromatic N) is 1. The third-order valence-corrected chi connectivity index (χ3v) is 13.7. The maximum atomic E-state index is 2.49. The molecule has 0 N–H and O–H groups in total. The molecule has 0 atom stereocenters. The third-order valence-electron chi connectivity index (χ3n) is 8.96. The molecule has 0 bridgehead atoms. The molecular formula is C42H31NSi. The molecule has 1 aromatic heterocycles. The summed E-state index contributed by atoms with van der Waals surface area (Å²) in [6.07, 6.45) is 0. The van der Waals surface area contributed by atoms with E-state index in [1.165, 1.54) is 59.4 Å². The quantitative estimate of drug-likeness (QED) is 0.140. The van der Waals surface area contributed by atoms with Crippen molar-refractivity contribution in [3.8, 4) is 16.8 Å². The summed E-state index contributed by atoms with van der Waals surface area (Å²) >= 11 is 0. The molecular weight excluding hydrogens is 547 g/mol. The van der Waals surface area contributed by atoms with Crippen molar-refractivity contribution < 1.29 is 0 Å².